The van der Waals surface area contributed by atoms with E-state index in [9.17, 15) is 0 Å². The van der Waals surface area contributed by atoms with E-state index in [0.717, 1.165) is 39.5 Å². The van der Waals surface area contributed by atoms with Crippen LogP contribution in [0, 0.1) is 0 Å². The highest BCUT2D eigenvalue weighted by Crippen LogP contribution is 2.52. The average Bonchev–Trinajstić information content (AvgIpc) is 3.35. The molecule has 0 spiro atoms. The molecule has 2 heteroatoms. The molecule has 0 aliphatic heterocycles. The van der Waals surface area contributed by atoms with Crippen LogP contribution in [0.3, 0.4) is 0 Å². The minimum absolute atomic E-state index is 0.0854. The molecule has 0 N–H and O–H groups in total. The first-order valence-corrected chi connectivity index (χ1v) is 15.5. The molecule has 0 fully saturated rings. The summed E-state index contributed by atoms with van der Waals surface area (Å²) in [4.78, 5) is 10.5. The first-order valence-electron chi connectivity index (χ1n) is 15.5. The van der Waals surface area contributed by atoms with Crippen molar-refractivity contribution in [1.82, 2.24) is 9.97 Å². The molecule has 7 aromatic rings. The van der Waals surface area contributed by atoms with Crippen molar-refractivity contribution in [2.24, 2.45) is 0 Å². The molecule has 0 amide bonds. The zero-order valence-corrected chi connectivity index (χ0v) is 25.4. The minimum Gasteiger partial charge on any atom is -0.228 e. The van der Waals surface area contributed by atoms with Gasteiger partial charge in [0, 0.05) is 22.1 Å². The predicted molar refractivity (Wildman–Crippen MR) is 187 cm³/mol. The smallest absolute Gasteiger partial charge is 0.160 e. The number of rotatable bonds is 5. The molecular weight excluding hydrogens is 544 g/mol. The van der Waals surface area contributed by atoms with Crippen LogP contribution >= 0.6 is 0 Å². The van der Waals surface area contributed by atoms with E-state index in [0.29, 0.717) is 0 Å². The fourth-order valence-corrected chi connectivity index (χ4v) is 6.76. The van der Waals surface area contributed by atoms with Crippen LogP contribution in [0.4, 0.5) is 0 Å². The molecule has 0 unspecified atom stereocenters. The van der Waals surface area contributed by atoms with Crippen molar-refractivity contribution in [2.45, 2.75) is 19.3 Å². The molecule has 0 atom stereocenters. The van der Waals surface area contributed by atoms with Crippen molar-refractivity contribution in [2.75, 3.05) is 0 Å². The van der Waals surface area contributed by atoms with Crippen molar-refractivity contribution in [3.63, 3.8) is 0 Å². The van der Waals surface area contributed by atoms with Crippen molar-refractivity contribution < 1.29 is 0 Å². The third-order valence-electron chi connectivity index (χ3n) is 9.13. The Hall–Kier alpha value is -5.60. The molecule has 1 heterocycles. The molecule has 0 saturated heterocycles. The van der Waals surface area contributed by atoms with Crippen LogP contribution in [-0.4, -0.2) is 9.97 Å². The lowest BCUT2D eigenvalue weighted by atomic mass is 9.82. The number of hydrogen-bond donors (Lipinski definition) is 0. The lowest BCUT2D eigenvalue weighted by Crippen LogP contribution is -2.14. The third kappa shape index (κ3) is 4.76. The second-order valence-corrected chi connectivity index (χ2v) is 12.3. The van der Waals surface area contributed by atoms with Gasteiger partial charge in [-0.05, 0) is 56.6 Å². The van der Waals surface area contributed by atoms with Crippen LogP contribution in [0.2, 0.25) is 0 Å². The van der Waals surface area contributed by atoms with E-state index in [4.69, 9.17) is 9.97 Å². The van der Waals surface area contributed by atoms with Crippen LogP contribution < -0.4 is 0 Å². The van der Waals surface area contributed by atoms with Crippen molar-refractivity contribution in [3.8, 4) is 67.3 Å². The van der Waals surface area contributed by atoms with E-state index in [1.165, 1.54) is 38.9 Å². The fraction of sp³-hybridized carbons (Fsp3) is 0.0698. The number of hydrogen-bond acceptors (Lipinski definition) is 2. The van der Waals surface area contributed by atoms with Crippen molar-refractivity contribution >= 4 is 0 Å². The predicted octanol–water partition coefficient (Wildman–Crippen LogP) is 11.1. The van der Waals surface area contributed by atoms with Crippen LogP contribution in [-0.2, 0) is 5.41 Å². The van der Waals surface area contributed by atoms with Gasteiger partial charge in [-0.15, -0.1) is 0 Å². The first kappa shape index (κ1) is 27.0. The van der Waals surface area contributed by atoms with Crippen LogP contribution in [0.1, 0.15) is 25.0 Å². The molecule has 2 nitrogen and oxygen atoms in total. The quantitative estimate of drug-likeness (QED) is 0.204. The second-order valence-electron chi connectivity index (χ2n) is 12.3. The fourth-order valence-electron chi connectivity index (χ4n) is 6.76. The first-order chi connectivity index (χ1) is 22.1. The van der Waals surface area contributed by atoms with Gasteiger partial charge >= 0.3 is 0 Å². The molecule has 0 saturated carbocycles. The van der Waals surface area contributed by atoms with E-state index < -0.39 is 0 Å². The maximum atomic E-state index is 5.29. The molecule has 45 heavy (non-hydrogen) atoms. The Bertz CT molecular complexity index is 2160. The van der Waals surface area contributed by atoms with Crippen molar-refractivity contribution in [1.29, 1.82) is 0 Å². The topological polar surface area (TPSA) is 25.8 Å². The summed E-state index contributed by atoms with van der Waals surface area (Å²) in [6, 6.07) is 55.9. The number of fused-ring (bicyclic) bond motifs is 3. The lowest BCUT2D eigenvalue weighted by molar-refractivity contribution is 0.660. The van der Waals surface area contributed by atoms with Crippen LogP contribution in [0.15, 0.2) is 158 Å². The summed E-state index contributed by atoms with van der Waals surface area (Å²) in [6.07, 6.45) is 0. The maximum absolute atomic E-state index is 5.29. The lowest BCUT2D eigenvalue weighted by Gasteiger charge is -2.21. The van der Waals surface area contributed by atoms with Gasteiger partial charge in [0.1, 0.15) is 0 Å². The highest BCUT2D eigenvalue weighted by Gasteiger charge is 2.36. The monoisotopic (exact) mass is 576 g/mol. The SMILES string of the molecule is CC1(C)c2ccccc2-c2c(-c3cc(-c4ccc(-c5ccccc5)cc4)nc(-c4cccc(-c5ccccc5)c4)n3)cccc21. The number of nitrogens with zero attached hydrogens (tertiary/aromatic N) is 2. The van der Waals surface area contributed by atoms with Gasteiger partial charge in [0.25, 0.3) is 0 Å². The average molecular weight is 577 g/mol. The van der Waals surface area contributed by atoms with E-state index in [2.05, 4.69) is 166 Å². The van der Waals surface area contributed by atoms with Crippen LogP contribution in [0.25, 0.3) is 67.3 Å². The Labute approximate surface area is 264 Å². The Kier molecular flexibility index (Phi) is 6.50. The van der Waals surface area contributed by atoms with Gasteiger partial charge in [0.2, 0.25) is 0 Å². The normalized spacial score (nSPS) is 12.8. The van der Waals surface area contributed by atoms with E-state index in [1.54, 1.807) is 0 Å². The molecule has 1 aliphatic rings. The summed E-state index contributed by atoms with van der Waals surface area (Å²) in [7, 11) is 0. The largest absolute Gasteiger partial charge is 0.228 e. The van der Waals surface area contributed by atoms with Gasteiger partial charge in [-0.25, -0.2) is 9.97 Å². The highest BCUT2D eigenvalue weighted by molar-refractivity contribution is 5.92. The van der Waals surface area contributed by atoms with E-state index in [1.807, 2.05) is 6.07 Å². The second kappa shape index (κ2) is 10.8. The van der Waals surface area contributed by atoms with E-state index >= 15 is 0 Å². The minimum atomic E-state index is -0.0854. The van der Waals surface area contributed by atoms with Gasteiger partial charge in [-0.2, -0.15) is 0 Å². The standard InChI is InChI=1S/C43H32N2/c1-43(2)37-21-10-9-19-35(37)41-36(20-12-22-38(41)43)40-28-39(32-25-23-31(24-26-32)29-13-5-3-6-14-29)44-42(45-40)34-18-11-17-33(27-34)30-15-7-4-8-16-30/h3-28H,1-2H3. The van der Waals surface area contributed by atoms with Crippen molar-refractivity contribution in [3.05, 3.63) is 169 Å². The summed E-state index contributed by atoms with van der Waals surface area (Å²) in [5.74, 6) is 0.718. The molecule has 0 bridgehead atoms. The zero-order valence-electron chi connectivity index (χ0n) is 25.4. The summed E-state index contributed by atoms with van der Waals surface area (Å²) in [6.45, 7) is 4.64. The van der Waals surface area contributed by atoms with Gasteiger partial charge in [-0.1, -0.05) is 159 Å². The summed E-state index contributed by atoms with van der Waals surface area (Å²) in [5.41, 5.74) is 14.9. The maximum Gasteiger partial charge on any atom is 0.160 e. The number of aromatic nitrogens is 2. The zero-order chi connectivity index (χ0) is 30.4. The van der Waals surface area contributed by atoms with Gasteiger partial charge < -0.3 is 0 Å². The summed E-state index contributed by atoms with van der Waals surface area (Å²) in [5, 5.41) is 0. The highest BCUT2D eigenvalue weighted by atomic mass is 14.9. The third-order valence-corrected chi connectivity index (χ3v) is 9.13. The molecule has 0 radical (unpaired) electrons. The molecule has 8 rings (SSSR count). The van der Waals surface area contributed by atoms with Gasteiger partial charge in [0.05, 0.1) is 11.4 Å². The number of benzene rings is 6. The Morgan fingerprint density at radius 1 is 0.378 bits per heavy atom. The summed E-state index contributed by atoms with van der Waals surface area (Å²) >= 11 is 0. The molecule has 1 aliphatic carbocycles. The molecule has 6 aromatic carbocycles. The molecular formula is C43H32N2. The summed E-state index contributed by atoms with van der Waals surface area (Å²) < 4.78 is 0. The van der Waals surface area contributed by atoms with Crippen LogP contribution in [0.5, 0.6) is 0 Å². The Balaban J connectivity index is 1.32. The van der Waals surface area contributed by atoms with E-state index in [-0.39, 0.29) is 5.41 Å². The van der Waals surface area contributed by atoms with Gasteiger partial charge in [0.15, 0.2) is 5.82 Å². The molecule has 214 valence electrons. The Morgan fingerprint density at radius 3 is 1.64 bits per heavy atom. The molecule has 1 aromatic heterocycles. The van der Waals surface area contributed by atoms with Gasteiger partial charge in [-0.3, -0.25) is 0 Å². The Morgan fingerprint density at radius 2 is 0.889 bits per heavy atom.